The summed E-state index contributed by atoms with van der Waals surface area (Å²) >= 11 is 0. The number of benzene rings is 2. The van der Waals surface area contributed by atoms with Crippen LogP contribution in [0.3, 0.4) is 0 Å². The number of rotatable bonds is 7. The van der Waals surface area contributed by atoms with Crippen molar-refractivity contribution in [3.8, 4) is 0 Å². The van der Waals surface area contributed by atoms with Crippen LogP contribution in [0.5, 0.6) is 0 Å². The molecule has 1 aliphatic heterocycles. The van der Waals surface area contributed by atoms with Gasteiger partial charge in [-0.1, -0.05) is 48.5 Å². The molecule has 1 saturated heterocycles. The van der Waals surface area contributed by atoms with Gasteiger partial charge in [0.2, 0.25) is 10.0 Å². The molecular formula is C23H26FN3O2S. The van der Waals surface area contributed by atoms with E-state index in [1.165, 1.54) is 22.0 Å². The van der Waals surface area contributed by atoms with Gasteiger partial charge < -0.3 is 4.57 Å². The Labute approximate surface area is 177 Å². The lowest BCUT2D eigenvalue weighted by Gasteiger charge is -2.17. The van der Waals surface area contributed by atoms with Crippen molar-refractivity contribution < 1.29 is 12.8 Å². The second-order valence-corrected chi connectivity index (χ2v) is 9.92. The summed E-state index contributed by atoms with van der Waals surface area (Å²) in [4.78, 5) is 4.59. The lowest BCUT2D eigenvalue weighted by molar-refractivity contribution is 0.449. The maximum absolute atomic E-state index is 13.9. The zero-order valence-corrected chi connectivity index (χ0v) is 17.9. The molecule has 7 heteroatoms. The Bertz CT molecular complexity index is 1110. The van der Waals surface area contributed by atoms with Crippen LogP contribution >= 0.6 is 0 Å². The van der Waals surface area contributed by atoms with Crippen LogP contribution in [0.1, 0.15) is 29.1 Å². The highest BCUT2D eigenvalue weighted by Gasteiger charge is 2.32. The second kappa shape index (κ2) is 8.70. The molecular weight excluding hydrogens is 401 g/mol. The predicted octanol–water partition coefficient (Wildman–Crippen LogP) is 3.77. The van der Waals surface area contributed by atoms with Crippen molar-refractivity contribution in [2.24, 2.45) is 5.92 Å². The molecule has 1 unspecified atom stereocenters. The summed E-state index contributed by atoms with van der Waals surface area (Å²) in [5, 5.41) is 0. The number of sulfonamides is 1. The number of hydrogen-bond donors (Lipinski definition) is 0. The Morgan fingerprint density at radius 1 is 1.10 bits per heavy atom. The Hall–Kier alpha value is -2.51. The average Bonchev–Trinajstić information content (AvgIpc) is 3.34. The number of aromatic nitrogens is 2. The molecule has 0 spiro atoms. The van der Waals surface area contributed by atoms with Crippen molar-refractivity contribution >= 4 is 10.0 Å². The van der Waals surface area contributed by atoms with Crippen molar-refractivity contribution in [2.75, 3.05) is 13.1 Å². The first kappa shape index (κ1) is 20.8. The van der Waals surface area contributed by atoms with Crippen LogP contribution in [0.2, 0.25) is 0 Å². The monoisotopic (exact) mass is 427 g/mol. The highest BCUT2D eigenvalue weighted by Crippen LogP contribution is 2.25. The molecule has 3 aromatic rings. The van der Waals surface area contributed by atoms with E-state index in [4.69, 9.17) is 0 Å². The molecule has 2 aromatic carbocycles. The molecule has 5 nitrogen and oxygen atoms in total. The summed E-state index contributed by atoms with van der Waals surface area (Å²) in [6, 6.07) is 16.3. The van der Waals surface area contributed by atoms with Crippen LogP contribution in [0.25, 0.3) is 0 Å². The van der Waals surface area contributed by atoms with Gasteiger partial charge in [-0.05, 0) is 30.9 Å². The third-order valence-electron chi connectivity index (χ3n) is 5.73. The van der Waals surface area contributed by atoms with E-state index < -0.39 is 15.8 Å². The van der Waals surface area contributed by atoms with Crippen molar-refractivity contribution in [3.63, 3.8) is 0 Å². The van der Waals surface area contributed by atoms with Crippen molar-refractivity contribution in [3.05, 3.63) is 89.3 Å². The smallest absolute Gasteiger partial charge is 0.218 e. The Balaban J connectivity index is 1.43. The highest BCUT2D eigenvalue weighted by molar-refractivity contribution is 7.88. The maximum atomic E-state index is 13.9. The number of aryl methyl sites for hydroxylation is 1. The van der Waals surface area contributed by atoms with Gasteiger partial charge in [0.1, 0.15) is 11.6 Å². The molecule has 0 saturated carbocycles. The van der Waals surface area contributed by atoms with Gasteiger partial charge in [-0.3, -0.25) is 0 Å². The first-order valence-electron chi connectivity index (χ1n) is 10.2. The van der Waals surface area contributed by atoms with Crippen molar-refractivity contribution in [1.82, 2.24) is 13.9 Å². The molecule has 1 aromatic heterocycles. The van der Waals surface area contributed by atoms with Crippen LogP contribution in [0.4, 0.5) is 4.39 Å². The van der Waals surface area contributed by atoms with E-state index in [0.29, 0.717) is 13.1 Å². The Kier molecular flexibility index (Phi) is 6.01. The zero-order chi connectivity index (χ0) is 21.1. The lowest BCUT2D eigenvalue weighted by atomic mass is 10.0. The SMILES string of the molecule is Cc1cnc(CC2CCN(S(=O)(=O)Cc3ccccc3F)C2)n1Cc1ccccc1. The Morgan fingerprint density at radius 2 is 1.83 bits per heavy atom. The lowest BCUT2D eigenvalue weighted by Crippen LogP contribution is -2.30. The second-order valence-electron chi connectivity index (χ2n) is 7.95. The minimum absolute atomic E-state index is 0.205. The van der Waals surface area contributed by atoms with E-state index in [0.717, 1.165) is 30.9 Å². The number of imidazole rings is 1. The molecule has 1 atom stereocenters. The van der Waals surface area contributed by atoms with E-state index >= 15 is 0 Å². The first-order valence-corrected chi connectivity index (χ1v) is 11.8. The fraction of sp³-hybridized carbons (Fsp3) is 0.348. The Morgan fingerprint density at radius 3 is 2.60 bits per heavy atom. The van der Waals surface area contributed by atoms with Gasteiger partial charge in [0, 0.05) is 43.5 Å². The minimum Gasteiger partial charge on any atom is -0.328 e. The van der Waals surface area contributed by atoms with Gasteiger partial charge in [0.25, 0.3) is 0 Å². The van der Waals surface area contributed by atoms with Gasteiger partial charge in [0.05, 0.1) is 5.75 Å². The topological polar surface area (TPSA) is 55.2 Å². The van der Waals surface area contributed by atoms with Gasteiger partial charge >= 0.3 is 0 Å². The van der Waals surface area contributed by atoms with Crippen LogP contribution in [0, 0.1) is 18.7 Å². The maximum Gasteiger partial charge on any atom is 0.218 e. The van der Waals surface area contributed by atoms with Gasteiger partial charge in [-0.2, -0.15) is 0 Å². The van der Waals surface area contributed by atoms with Gasteiger partial charge in [-0.15, -0.1) is 0 Å². The molecule has 4 rings (SSSR count). The number of halogens is 1. The van der Waals surface area contributed by atoms with Gasteiger partial charge in [-0.25, -0.2) is 22.1 Å². The summed E-state index contributed by atoms with van der Waals surface area (Å²) in [5.74, 6) is 0.412. The largest absolute Gasteiger partial charge is 0.328 e. The van der Waals surface area contributed by atoms with Crippen LogP contribution < -0.4 is 0 Å². The fourth-order valence-corrected chi connectivity index (χ4v) is 5.66. The van der Waals surface area contributed by atoms with Gasteiger partial charge in [0.15, 0.2) is 0 Å². The highest BCUT2D eigenvalue weighted by atomic mass is 32.2. The summed E-state index contributed by atoms with van der Waals surface area (Å²) in [7, 11) is -3.55. The molecule has 0 amide bonds. The van der Waals surface area contributed by atoms with Crippen molar-refractivity contribution in [1.29, 1.82) is 0 Å². The zero-order valence-electron chi connectivity index (χ0n) is 17.0. The number of hydrogen-bond acceptors (Lipinski definition) is 3. The third kappa shape index (κ3) is 4.63. The molecule has 0 radical (unpaired) electrons. The first-order chi connectivity index (χ1) is 14.4. The van der Waals surface area contributed by atoms with E-state index in [2.05, 4.69) is 21.7 Å². The summed E-state index contributed by atoms with van der Waals surface area (Å²) in [6.45, 7) is 3.72. The predicted molar refractivity (Wildman–Crippen MR) is 115 cm³/mol. The third-order valence-corrected chi connectivity index (χ3v) is 7.52. The molecule has 158 valence electrons. The minimum atomic E-state index is -3.55. The van der Waals surface area contributed by atoms with Crippen LogP contribution in [0.15, 0.2) is 60.8 Å². The molecule has 1 fully saturated rings. The summed E-state index contributed by atoms with van der Waals surface area (Å²) in [5.41, 5.74) is 2.52. The van der Waals surface area contributed by atoms with E-state index in [1.54, 1.807) is 12.1 Å². The standard InChI is InChI=1S/C23H26FN3O2S/c1-18-14-25-23(27(18)16-19-7-3-2-4-8-19)13-20-11-12-26(15-20)30(28,29)17-21-9-5-6-10-22(21)24/h2-10,14,20H,11-13,15-17H2,1H3. The molecule has 0 bridgehead atoms. The summed E-state index contributed by atoms with van der Waals surface area (Å²) in [6.07, 6.45) is 3.39. The molecule has 2 heterocycles. The van der Waals surface area contributed by atoms with Crippen LogP contribution in [-0.4, -0.2) is 35.4 Å². The van der Waals surface area contributed by atoms with E-state index in [1.807, 2.05) is 31.3 Å². The normalized spacial score (nSPS) is 17.5. The van der Waals surface area contributed by atoms with Crippen molar-refractivity contribution in [2.45, 2.75) is 32.1 Å². The number of nitrogens with zero attached hydrogens (tertiary/aromatic N) is 3. The average molecular weight is 428 g/mol. The van der Waals surface area contributed by atoms with Crippen LogP contribution in [-0.2, 0) is 28.7 Å². The van der Waals surface area contributed by atoms with E-state index in [-0.39, 0.29) is 17.2 Å². The molecule has 0 aliphatic carbocycles. The molecule has 0 N–H and O–H groups in total. The fourth-order valence-electron chi connectivity index (χ4n) is 4.03. The molecule has 30 heavy (non-hydrogen) atoms. The van der Waals surface area contributed by atoms with E-state index in [9.17, 15) is 12.8 Å². The summed E-state index contributed by atoms with van der Waals surface area (Å²) < 4.78 is 43.2. The quantitative estimate of drug-likeness (QED) is 0.577. The molecule has 1 aliphatic rings.